The van der Waals surface area contributed by atoms with Crippen molar-refractivity contribution < 1.29 is 19.1 Å². The number of ketones is 1. The number of benzene rings is 2. The molecule has 0 bridgehead atoms. The molecule has 1 heterocycles. The van der Waals surface area contributed by atoms with Crippen LogP contribution in [0.1, 0.15) is 56.5 Å². The topological polar surface area (TPSA) is 55.8 Å². The fourth-order valence-electron chi connectivity index (χ4n) is 3.68. The molecule has 160 valence electrons. The van der Waals surface area contributed by atoms with E-state index in [2.05, 4.69) is 6.92 Å². The maximum Gasteiger partial charge on any atom is 0.410 e. The predicted octanol–water partition coefficient (Wildman–Crippen LogP) is 5.87. The maximum absolute atomic E-state index is 13.4. The lowest BCUT2D eigenvalue weighted by atomic mass is 9.89. The second-order valence-corrected chi connectivity index (χ2v) is 8.69. The van der Waals surface area contributed by atoms with Gasteiger partial charge in [0.15, 0.2) is 5.78 Å². The van der Waals surface area contributed by atoms with Crippen LogP contribution in [0.15, 0.2) is 48.5 Å². The summed E-state index contributed by atoms with van der Waals surface area (Å²) in [5.74, 6) is 1.06. The summed E-state index contributed by atoms with van der Waals surface area (Å²) in [4.78, 5) is 27.5. The fraction of sp³-hybridized carbons (Fsp3) is 0.440. The highest BCUT2D eigenvalue weighted by molar-refractivity contribution is 6.00. The average Bonchev–Trinajstić information content (AvgIpc) is 2.73. The van der Waals surface area contributed by atoms with E-state index in [4.69, 9.17) is 9.47 Å². The Balaban J connectivity index is 1.78. The molecule has 0 radical (unpaired) electrons. The number of carbonyl (C=O) groups is 2. The molecule has 1 saturated heterocycles. The molecule has 1 aliphatic rings. The minimum absolute atomic E-state index is 0.00726. The summed E-state index contributed by atoms with van der Waals surface area (Å²) in [5, 5.41) is 0. The number of nitrogens with zero attached hydrogens (tertiary/aromatic N) is 1. The van der Waals surface area contributed by atoms with Crippen LogP contribution in [0.5, 0.6) is 11.5 Å². The van der Waals surface area contributed by atoms with Crippen molar-refractivity contribution in [1.82, 2.24) is 4.90 Å². The van der Waals surface area contributed by atoms with Crippen molar-refractivity contribution in [1.29, 1.82) is 0 Å². The largest absolute Gasteiger partial charge is 0.456 e. The monoisotopic (exact) mass is 409 g/mol. The second kappa shape index (κ2) is 9.33. The van der Waals surface area contributed by atoms with Crippen LogP contribution in [0.25, 0.3) is 0 Å². The summed E-state index contributed by atoms with van der Waals surface area (Å²) in [7, 11) is 0. The molecule has 2 aromatic rings. The van der Waals surface area contributed by atoms with Crippen LogP contribution in [-0.4, -0.2) is 35.5 Å². The van der Waals surface area contributed by atoms with Crippen LogP contribution in [0, 0.1) is 5.92 Å². The second-order valence-electron chi connectivity index (χ2n) is 8.69. The van der Waals surface area contributed by atoms with Gasteiger partial charge in [-0.3, -0.25) is 4.79 Å². The van der Waals surface area contributed by atoms with E-state index in [0.717, 1.165) is 30.6 Å². The lowest BCUT2D eigenvalue weighted by molar-refractivity contribution is 0.0172. The van der Waals surface area contributed by atoms with Gasteiger partial charge in [-0.2, -0.15) is 0 Å². The lowest BCUT2D eigenvalue weighted by Crippen LogP contribution is -2.44. The molecule has 1 amide bonds. The Morgan fingerprint density at radius 2 is 1.70 bits per heavy atom. The summed E-state index contributed by atoms with van der Waals surface area (Å²) >= 11 is 0. The number of amides is 1. The van der Waals surface area contributed by atoms with Crippen molar-refractivity contribution in [2.75, 3.05) is 13.1 Å². The molecule has 5 nitrogen and oxygen atoms in total. The first kappa shape index (κ1) is 21.9. The van der Waals surface area contributed by atoms with Gasteiger partial charge in [-0.1, -0.05) is 37.3 Å². The molecule has 1 fully saturated rings. The van der Waals surface area contributed by atoms with Gasteiger partial charge in [0.2, 0.25) is 0 Å². The molecule has 0 N–H and O–H groups in total. The minimum Gasteiger partial charge on any atom is -0.456 e. The van der Waals surface area contributed by atoms with Crippen LogP contribution < -0.4 is 4.74 Å². The van der Waals surface area contributed by atoms with Gasteiger partial charge in [0.1, 0.15) is 17.1 Å². The number of hydrogen-bond acceptors (Lipinski definition) is 4. The highest BCUT2D eigenvalue weighted by Crippen LogP contribution is 2.31. The minimum atomic E-state index is -0.554. The summed E-state index contributed by atoms with van der Waals surface area (Å²) in [6.07, 6.45) is 2.01. The Labute approximate surface area is 179 Å². The fourth-order valence-corrected chi connectivity index (χ4v) is 3.68. The van der Waals surface area contributed by atoms with Crippen molar-refractivity contribution >= 4 is 11.9 Å². The molecule has 1 atom stereocenters. The van der Waals surface area contributed by atoms with E-state index in [-0.39, 0.29) is 17.8 Å². The number of hydrogen-bond donors (Lipinski definition) is 0. The molecule has 0 aromatic heterocycles. The van der Waals surface area contributed by atoms with E-state index in [1.807, 2.05) is 63.2 Å². The first-order chi connectivity index (χ1) is 14.3. The molecule has 30 heavy (non-hydrogen) atoms. The molecular formula is C25H31NO4. The molecule has 1 unspecified atom stereocenters. The van der Waals surface area contributed by atoms with E-state index in [1.165, 1.54) is 0 Å². The molecule has 3 rings (SSSR count). The van der Waals surface area contributed by atoms with Gasteiger partial charge in [0.25, 0.3) is 0 Å². The highest BCUT2D eigenvalue weighted by Gasteiger charge is 2.32. The van der Waals surface area contributed by atoms with E-state index < -0.39 is 5.60 Å². The number of likely N-dealkylation sites (tertiary alicyclic amines) is 1. The summed E-state index contributed by atoms with van der Waals surface area (Å²) in [5.41, 5.74) is 1.09. The number of carbonyl (C=O) groups excluding carboxylic acids is 2. The van der Waals surface area contributed by atoms with Crippen molar-refractivity contribution in [2.45, 2.75) is 52.6 Å². The van der Waals surface area contributed by atoms with Crippen LogP contribution >= 0.6 is 0 Å². The van der Waals surface area contributed by atoms with Gasteiger partial charge in [-0.15, -0.1) is 0 Å². The quantitative estimate of drug-likeness (QED) is 0.580. The standard InChI is InChI=1S/C25H31NO4/c1-5-18-11-6-8-14-21(18)29-22-15-9-7-13-20(22)23(27)19-12-10-16-26(17-19)24(28)30-25(2,3)4/h6-9,11,13-15,19H,5,10,12,16-17H2,1-4H3. The lowest BCUT2D eigenvalue weighted by Gasteiger charge is -2.33. The molecule has 5 heteroatoms. The van der Waals surface area contributed by atoms with Gasteiger partial charge < -0.3 is 14.4 Å². The molecule has 1 aliphatic heterocycles. The van der Waals surface area contributed by atoms with Gasteiger partial charge >= 0.3 is 6.09 Å². The Kier molecular flexibility index (Phi) is 6.80. The van der Waals surface area contributed by atoms with E-state index in [9.17, 15) is 9.59 Å². The van der Waals surface area contributed by atoms with E-state index in [1.54, 1.807) is 11.0 Å². The van der Waals surface area contributed by atoms with Gasteiger partial charge in [-0.05, 0) is 63.8 Å². The number of rotatable bonds is 5. The van der Waals surface area contributed by atoms with Crippen molar-refractivity contribution in [3.63, 3.8) is 0 Å². The first-order valence-corrected chi connectivity index (χ1v) is 10.7. The van der Waals surface area contributed by atoms with Crippen molar-refractivity contribution in [3.05, 3.63) is 59.7 Å². The van der Waals surface area contributed by atoms with E-state index in [0.29, 0.717) is 24.4 Å². The zero-order valence-electron chi connectivity index (χ0n) is 18.3. The molecule has 0 spiro atoms. The number of piperidine rings is 1. The summed E-state index contributed by atoms with van der Waals surface area (Å²) in [6.45, 7) is 8.60. The zero-order chi connectivity index (χ0) is 21.7. The van der Waals surface area contributed by atoms with E-state index >= 15 is 0 Å². The number of aryl methyl sites for hydroxylation is 1. The van der Waals surface area contributed by atoms with Gasteiger partial charge in [0.05, 0.1) is 5.56 Å². The van der Waals surface area contributed by atoms with Crippen molar-refractivity contribution in [3.8, 4) is 11.5 Å². The molecular weight excluding hydrogens is 378 g/mol. The Bertz CT molecular complexity index is 900. The summed E-state index contributed by atoms with van der Waals surface area (Å²) < 4.78 is 11.6. The Morgan fingerprint density at radius 3 is 2.40 bits per heavy atom. The Hall–Kier alpha value is -2.82. The highest BCUT2D eigenvalue weighted by atomic mass is 16.6. The average molecular weight is 410 g/mol. The van der Waals surface area contributed by atoms with Gasteiger partial charge in [0, 0.05) is 19.0 Å². The van der Waals surface area contributed by atoms with Crippen molar-refractivity contribution in [2.24, 2.45) is 5.92 Å². The van der Waals surface area contributed by atoms with Crippen LogP contribution in [0.2, 0.25) is 0 Å². The normalized spacial score (nSPS) is 16.8. The van der Waals surface area contributed by atoms with Crippen LogP contribution in [0.4, 0.5) is 4.79 Å². The third-order valence-electron chi connectivity index (χ3n) is 5.17. The molecule has 0 saturated carbocycles. The molecule has 0 aliphatic carbocycles. The van der Waals surface area contributed by atoms with Gasteiger partial charge in [-0.25, -0.2) is 4.79 Å². The maximum atomic E-state index is 13.4. The number of Topliss-reactive ketones (excluding diaryl/α,β-unsaturated/α-hetero) is 1. The smallest absolute Gasteiger partial charge is 0.410 e. The zero-order valence-corrected chi connectivity index (χ0v) is 18.3. The number of para-hydroxylation sites is 2. The molecule has 2 aromatic carbocycles. The summed E-state index contributed by atoms with van der Waals surface area (Å²) in [6, 6.07) is 15.2. The van der Waals surface area contributed by atoms with Crippen LogP contribution in [0.3, 0.4) is 0 Å². The third-order valence-corrected chi connectivity index (χ3v) is 5.17. The van der Waals surface area contributed by atoms with Crippen LogP contribution in [-0.2, 0) is 11.2 Å². The predicted molar refractivity (Wildman–Crippen MR) is 117 cm³/mol. The Morgan fingerprint density at radius 1 is 1.03 bits per heavy atom. The third kappa shape index (κ3) is 5.41. The number of ether oxygens (including phenoxy) is 2. The first-order valence-electron chi connectivity index (χ1n) is 10.7. The SMILES string of the molecule is CCc1ccccc1Oc1ccccc1C(=O)C1CCCN(C(=O)OC(C)(C)C)C1.